The molecule has 1 heterocycles. The highest BCUT2D eigenvalue weighted by molar-refractivity contribution is 9.10. The quantitative estimate of drug-likeness (QED) is 0.544. The number of carboxylic acid groups (broad SMARTS) is 1. The van der Waals surface area contributed by atoms with Crippen molar-refractivity contribution < 1.29 is 14.8 Å². The lowest BCUT2D eigenvalue weighted by Crippen LogP contribution is -2.20. The molecule has 0 aliphatic carbocycles. The van der Waals surface area contributed by atoms with Gasteiger partial charge in [-0.15, -0.1) is 0 Å². The molecular formula is C13H18BrN3O4. The van der Waals surface area contributed by atoms with Crippen molar-refractivity contribution in [3.8, 4) is 0 Å². The Bertz CT molecular complexity index is 522. The summed E-state index contributed by atoms with van der Waals surface area (Å²) in [6, 6.07) is 1.37. The zero-order valence-electron chi connectivity index (χ0n) is 11.9. The van der Waals surface area contributed by atoms with Crippen molar-refractivity contribution in [1.82, 2.24) is 4.98 Å². The minimum Gasteiger partial charge on any atom is -0.481 e. The predicted molar refractivity (Wildman–Crippen MR) is 82.3 cm³/mol. The Morgan fingerprint density at radius 2 is 2.24 bits per heavy atom. The number of rotatable bonds is 8. The van der Waals surface area contributed by atoms with Gasteiger partial charge < -0.3 is 10.4 Å². The molecule has 1 rings (SSSR count). The summed E-state index contributed by atoms with van der Waals surface area (Å²) in [5, 5.41) is 22.6. The van der Waals surface area contributed by atoms with Crippen LogP contribution in [0.2, 0.25) is 0 Å². The van der Waals surface area contributed by atoms with E-state index in [2.05, 4.69) is 26.2 Å². The van der Waals surface area contributed by atoms with E-state index in [0.29, 0.717) is 22.8 Å². The van der Waals surface area contributed by atoms with Crippen molar-refractivity contribution in [2.45, 2.75) is 26.7 Å². The molecule has 8 heteroatoms. The molecule has 0 aromatic carbocycles. The highest BCUT2D eigenvalue weighted by atomic mass is 79.9. The molecule has 0 radical (unpaired) electrons. The highest BCUT2D eigenvalue weighted by Gasteiger charge is 2.16. The van der Waals surface area contributed by atoms with E-state index in [0.717, 1.165) is 6.42 Å². The topological polar surface area (TPSA) is 105 Å². The van der Waals surface area contributed by atoms with Crippen LogP contribution in [0.5, 0.6) is 0 Å². The number of halogens is 1. The number of carbonyl (C=O) groups is 1. The first-order chi connectivity index (χ1) is 9.79. The van der Waals surface area contributed by atoms with E-state index in [9.17, 15) is 14.9 Å². The summed E-state index contributed by atoms with van der Waals surface area (Å²) in [5.41, 5.74) is -0.100. The molecule has 1 atom stereocenters. The Balaban J connectivity index is 2.70. The minimum atomic E-state index is -0.835. The maximum absolute atomic E-state index is 10.9. The number of hydrogen-bond donors (Lipinski definition) is 2. The van der Waals surface area contributed by atoms with Gasteiger partial charge in [0, 0.05) is 19.0 Å². The van der Waals surface area contributed by atoms with Gasteiger partial charge in [0.05, 0.1) is 9.40 Å². The second-order valence-electron chi connectivity index (χ2n) is 5.26. The number of aromatic nitrogens is 1. The lowest BCUT2D eigenvalue weighted by Gasteiger charge is -2.18. The number of nitrogens with zero attached hydrogens (tertiary/aromatic N) is 2. The van der Waals surface area contributed by atoms with E-state index >= 15 is 0 Å². The van der Waals surface area contributed by atoms with Crippen LogP contribution < -0.4 is 5.32 Å². The number of carboxylic acids is 1. The van der Waals surface area contributed by atoms with Crippen molar-refractivity contribution >= 4 is 33.4 Å². The highest BCUT2D eigenvalue weighted by Crippen LogP contribution is 2.25. The van der Waals surface area contributed by atoms with Crippen molar-refractivity contribution in [2.24, 2.45) is 11.8 Å². The summed E-state index contributed by atoms with van der Waals surface area (Å²) in [7, 11) is 0. The number of pyridine rings is 1. The van der Waals surface area contributed by atoms with Crippen molar-refractivity contribution in [1.29, 1.82) is 0 Å². The van der Waals surface area contributed by atoms with Crippen LogP contribution in [0.1, 0.15) is 26.7 Å². The van der Waals surface area contributed by atoms with Gasteiger partial charge in [-0.1, -0.05) is 13.8 Å². The second-order valence-corrected chi connectivity index (χ2v) is 6.11. The number of anilines is 1. The first kappa shape index (κ1) is 17.4. The molecule has 0 bridgehead atoms. The average molecular weight is 360 g/mol. The molecule has 0 amide bonds. The number of nitrogens with one attached hydrogen (secondary N) is 1. The fourth-order valence-corrected chi connectivity index (χ4v) is 2.53. The smallest absolute Gasteiger partial charge is 0.303 e. The van der Waals surface area contributed by atoms with Gasteiger partial charge in [-0.3, -0.25) is 14.9 Å². The minimum absolute atomic E-state index is 0.0219. The third kappa shape index (κ3) is 6.07. The summed E-state index contributed by atoms with van der Waals surface area (Å²) in [5.74, 6) is 0.00808. The third-order valence-corrected chi connectivity index (χ3v) is 3.47. The molecule has 1 aromatic heterocycles. The largest absolute Gasteiger partial charge is 0.481 e. The Hall–Kier alpha value is -1.70. The van der Waals surface area contributed by atoms with E-state index in [4.69, 9.17) is 5.11 Å². The average Bonchev–Trinajstić information content (AvgIpc) is 2.35. The first-order valence-corrected chi connectivity index (χ1v) is 7.34. The normalized spacial score (nSPS) is 12.2. The zero-order valence-corrected chi connectivity index (χ0v) is 13.5. The summed E-state index contributed by atoms with van der Waals surface area (Å²) in [6.07, 6.45) is 2.03. The number of aliphatic carboxylic acids is 1. The molecule has 0 aliphatic heterocycles. The van der Waals surface area contributed by atoms with Crippen LogP contribution in [0.25, 0.3) is 0 Å². The third-order valence-electron chi connectivity index (χ3n) is 2.86. The van der Waals surface area contributed by atoms with Crippen LogP contribution in [0.3, 0.4) is 0 Å². The maximum Gasteiger partial charge on any atom is 0.303 e. The molecule has 0 fully saturated rings. The Morgan fingerprint density at radius 3 is 2.71 bits per heavy atom. The summed E-state index contributed by atoms with van der Waals surface area (Å²) < 4.78 is 0.482. The van der Waals surface area contributed by atoms with E-state index in [1.54, 1.807) is 0 Å². The van der Waals surface area contributed by atoms with Crippen molar-refractivity contribution in [2.75, 3.05) is 11.9 Å². The maximum atomic E-state index is 10.9. The standard InChI is InChI=1S/C13H18BrN3O4/c1-8(2)3-9(4-12(18)19)6-15-13-11(14)5-10(7-16-13)17(20)21/h5,7-9H,3-4,6H2,1-2H3,(H,15,16)(H,18,19). The van der Waals surface area contributed by atoms with Crippen molar-refractivity contribution in [3.05, 3.63) is 26.9 Å². The Kier molecular flexibility index (Phi) is 6.54. The van der Waals surface area contributed by atoms with E-state index < -0.39 is 10.9 Å². The van der Waals surface area contributed by atoms with Gasteiger partial charge in [-0.25, -0.2) is 4.98 Å². The Morgan fingerprint density at radius 1 is 1.57 bits per heavy atom. The zero-order chi connectivity index (χ0) is 16.0. The molecule has 0 spiro atoms. The van der Waals surface area contributed by atoms with Crippen molar-refractivity contribution in [3.63, 3.8) is 0 Å². The fourth-order valence-electron chi connectivity index (χ4n) is 2.05. The van der Waals surface area contributed by atoms with Crippen LogP contribution in [0.15, 0.2) is 16.7 Å². The van der Waals surface area contributed by atoms with Gasteiger partial charge in [0.25, 0.3) is 5.69 Å². The summed E-state index contributed by atoms with van der Waals surface area (Å²) in [4.78, 5) is 25.0. The van der Waals surface area contributed by atoms with Gasteiger partial charge in [-0.2, -0.15) is 0 Å². The lowest BCUT2D eigenvalue weighted by atomic mass is 9.94. The molecule has 21 heavy (non-hydrogen) atoms. The molecule has 0 saturated heterocycles. The molecular weight excluding hydrogens is 342 g/mol. The summed E-state index contributed by atoms with van der Waals surface area (Å²) in [6.45, 7) is 4.53. The number of hydrogen-bond acceptors (Lipinski definition) is 5. The fraction of sp³-hybridized carbons (Fsp3) is 0.538. The lowest BCUT2D eigenvalue weighted by molar-refractivity contribution is -0.385. The van der Waals surface area contributed by atoms with Crippen LogP contribution in [0, 0.1) is 22.0 Å². The monoisotopic (exact) mass is 359 g/mol. The van der Waals surface area contributed by atoms with Gasteiger partial charge in [0.1, 0.15) is 12.0 Å². The Labute approximate surface area is 131 Å². The van der Waals surface area contributed by atoms with Crippen LogP contribution in [-0.2, 0) is 4.79 Å². The first-order valence-electron chi connectivity index (χ1n) is 6.55. The molecule has 7 nitrogen and oxygen atoms in total. The van der Waals surface area contributed by atoms with E-state index in [1.165, 1.54) is 12.3 Å². The molecule has 2 N–H and O–H groups in total. The molecule has 116 valence electrons. The molecule has 0 saturated carbocycles. The summed E-state index contributed by atoms with van der Waals surface area (Å²) >= 11 is 3.22. The number of nitro groups is 1. The predicted octanol–water partition coefficient (Wildman–Crippen LogP) is 3.30. The second kappa shape index (κ2) is 7.92. The van der Waals surface area contributed by atoms with E-state index in [-0.39, 0.29) is 18.0 Å². The molecule has 1 unspecified atom stereocenters. The van der Waals surface area contributed by atoms with Gasteiger partial charge in [0.2, 0.25) is 0 Å². The van der Waals surface area contributed by atoms with Gasteiger partial charge in [-0.05, 0) is 34.2 Å². The molecule has 1 aromatic rings. The van der Waals surface area contributed by atoms with Gasteiger partial charge in [0.15, 0.2) is 0 Å². The molecule has 0 aliphatic rings. The van der Waals surface area contributed by atoms with Gasteiger partial charge >= 0.3 is 5.97 Å². The van der Waals surface area contributed by atoms with Crippen LogP contribution >= 0.6 is 15.9 Å². The van der Waals surface area contributed by atoms with E-state index in [1.807, 2.05) is 13.8 Å². The van der Waals surface area contributed by atoms with Crippen LogP contribution in [-0.4, -0.2) is 27.5 Å². The SMILES string of the molecule is CC(C)CC(CNc1ncc([N+](=O)[O-])cc1Br)CC(=O)O. The van der Waals surface area contributed by atoms with Crippen LogP contribution in [0.4, 0.5) is 11.5 Å².